The molecule has 9 nitrogen and oxygen atoms in total. The number of carbonyl (C=O) groups is 1. The van der Waals surface area contributed by atoms with E-state index in [-0.39, 0.29) is 12.5 Å². The molecule has 1 rings (SSSR count). The Balaban J connectivity index is 2.06. The van der Waals surface area contributed by atoms with Gasteiger partial charge in [-0.1, -0.05) is 213 Å². The summed E-state index contributed by atoms with van der Waals surface area (Å²) in [6.07, 6.45) is 62.0. The first kappa shape index (κ1) is 61.9. The van der Waals surface area contributed by atoms with Crippen LogP contribution in [-0.2, 0) is 14.3 Å². The Labute approximate surface area is 408 Å². The standard InChI is InChI=1S/C58H97NO8/c1-3-5-7-9-11-12-13-14-15-16-17-18-19-20-21-22-23-24-25-26-27-28-29-30-31-32-33-34-35-36-37-38-39-40-42-44-46-48-54(62)59-51(52(61)47-45-43-41-10-8-6-4-2)50-66-58-57(65)56(64)55(63)53(49-60)67-58/h5,7-8,10-12,14-15,17-18,20-21,23-24,26-27,45,47,51-53,55-58,60-61,63-65H,3-4,6,9,13,16,19,22,25,28-44,46,48-50H2,1-2H3,(H,59,62)/b7-5-,10-8+,12-11-,15-14-,18-17-,21-20-,24-23-,27-26-,47-45+. The van der Waals surface area contributed by atoms with E-state index in [0.717, 1.165) is 89.9 Å². The van der Waals surface area contributed by atoms with Gasteiger partial charge in [0.15, 0.2) is 6.29 Å². The molecule has 0 aromatic heterocycles. The predicted molar refractivity (Wildman–Crippen MR) is 281 cm³/mol. The molecule has 1 heterocycles. The molecule has 0 radical (unpaired) electrons. The highest BCUT2D eigenvalue weighted by Gasteiger charge is 2.44. The maximum atomic E-state index is 12.9. The minimum atomic E-state index is -1.57. The lowest BCUT2D eigenvalue weighted by molar-refractivity contribution is -0.302. The quantitative estimate of drug-likeness (QED) is 0.0261. The number of aliphatic hydroxyl groups excluding tert-OH is 5. The Morgan fingerprint density at radius 3 is 1.42 bits per heavy atom. The van der Waals surface area contributed by atoms with Crippen LogP contribution in [0.2, 0.25) is 0 Å². The van der Waals surface area contributed by atoms with Crippen molar-refractivity contribution in [3.63, 3.8) is 0 Å². The van der Waals surface area contributed by atoms with Crippen LogP contribution in [0.25, 0.3) is 0 Å². The highest BCUT2D eigenvalue weighted by molar-refractivity contribution is 5.76. The molecule has 0 aromatic rings. The van der Waals surface area contributed by atoms with Gasteiger partial charge in [0.2, 0.25) is 5.91 Å². The van der Waals surface area contributed by atoms with Crippen molar-refractivity contribution in [3.8, 4) is 0 Å². The fraction of sp³-hybridized carbons (Fsp3) is 0.672. The highest BCUT2D eigenvalue weighted by Crippen LogP contribution is 2.22. The summed E-state index contributed by atoms with van der Waals surface area (Å²) in [5.41, 5.74) is 0. The second-order valence-corrected chi connectivity index (χ2v) is 17.9. The van der Waals surface area contributed by atoms with Crippen molar-refractivity contribution in [1.82, 2.24) is 5.32 Å². The molecule has 0 spiro atoms. The highest BCUT2D eigenvalue weighted by atomic mass is 16.7. The van der Waals surface area contributed by atoms with E-state index in [1.54, 1.807) is 6.08 Å². The Morgan fingerprint density at radius 1 is 0.522 bits per heavy atom. The van der Waals surface area contributed by atoms with Crippen LogP contribution < -0.4 is 5.32 Å². The molecule has 6 N–H and O–H groups in total. The Morgan fingerprint density at radius 2 is 0.940 bits per heavy atom. The van der Waals surface area contributed by atoms with E-state index in [0.29, 0.717) is 6.42 Å². The fourth-order valence-electron chi connectivity index (χ4n) is 7.63. The van der Waals surface area contributed by atoms with Crippen molar-refractivity contribution in [3.05, 3.63) is 109 Å². The summed E-state index contributed by atoms with van der Waals surface area (Å²) < 4.78 is 11.1. The van der Waals surface area contributed by atoms with E-state index in [1.807, 2.05) is 6.08 Å². The molecule has 0 bridgehead atoms. The van der Waals surface area contributed by atoms with Gasteiger partial charge >= 0.3 is 0 Å². The van der Waals surface area contributed by atoms with Gasteiger partial charge in [-0.15, -0.1) is 0 Å². The molecule has 0 aliphatic carbocycles. The third-order valence-electron chi connectivity index (χ3n) is 11.8. The van der Waals surface area contributed by atoms with Crippen LogP contribution in [0.4, 0.5) is 0 Å². The van der Waals surface area contributed by atoms with E-state index in [4.69, 9.17) is 9.47 Å². The SMILES string of the molecule is CC/C=C\C/C=C\C/C=C\C/C=C\C/C=C\C/C=C\C/C=C\CCCCCCCCCCCCCCCCCC(=O)NC(COC1OC(CO)C(O)C(O)C1O)C(O)/C=C/CC/C=C/CCC. The molecule has 9 heteroatoms. The van der Waals surface area contributed by atoms with Gasteiger partial charge in [0.1, 0.15) is 24.4 Å². The van der Waals surface area contributed by atoms with Crippen LogP contribution in [-0.4, -0.2) is 87.5 Å². The number of rotatable bonds is 43. The average molecular weight is 936 g/mol. The van der Waals surface area contributed by atoms with Crippen molar-refractivity contribution >= 4 is 5.91 Å². The van der Waals surface area contributed by atoms with Gasteiger partial charge < -0.3 is 40.3 Å². The summed E-state index contributed by atoms with van der Waals surface area (Å²) in [5, 5.41) is 53.9. The minimum absolute atomic E-state index is 0.196. The van der Waals surface area contributed by atoms with Gasteiger partial charge in [-0.2, -0.15) is 0 Å². The lowest BCUT2D eigenvalue weighted by atomic mass is 9.99. The van der Waals surface area contributed by atoms with Gasteiger partial charge in [-0.25, -0.2) is 0 Å². The second-order valence-electron chi connectivity index (χ2n) is 17.9. The van der Waals surface area contributed by atoms with Crippen LogP contribution in [0.15, 0.2) is 109 Å². The average Bonchev–Trinajstić information content (AvgIpc) is 3.33. The summed E-state index contributed by atoms with van der Waals surface area (Å²) in [6.45, 7) is 3.51. The molecule has 1 aliphatic rings. The lowest BCUT2D eigenvalue weighted by Gasteiger charge is -2.40. The molecular formula is C58H97NO8. The van der Waals surface area contributed by atoms with Crippen LogP contribution in [0.1, 0.15) is 194 Å². The molecule has 1 saturated heterocycles. The van der Waals surface area contributed by atoms with Gasteiger partial charge in [0, 0.05) is 6.42 Å². The zero-order chi connectivity index (χ0) is 48.7. The first-order valence-corrected chi connectivity index (χ1v) is 26.6. The summed E-state index contributed by atoms with van der Waals surface area (Å²) >= 11 is 0. The number of carbonyl (C=O) groups excluding carboxylic acids is 1. The normalized spacial score (nSPS) is 20.6. The van der Waals surface area contributed by atoms with Crippen molar-refractivity contribution in [2.45, 2.75) is 236 Å². The van der Waals surface area contributed by atoms with E-state index in [9.17, 15) is 30.3 Å². The predicted octanol–water partition coefficient (Wildman–Crippen LogP) is 12.6. The van der Waals surface area contributed by atoms with Gasteiger partial charge in [-0.3, -0.25) is 4.79 Å². The van der Waals surface area contributed by atoms with E-state index in [2.05, 4.69) is 116 Å². The van der Waals surface area contributed by atoms with Gasteiger partial charge in [0.05, 0.1) is 25.4 Å². The summed E-state index contributed by atoms with van der Waals surface area (Å²) in [5.74, 6) is -0.196. The number of unbranched alkanes of at least 4 members (excludes halogenated alkanes) is 17. The van der Waals surface area contributed by atoms with E-state index < -0.39 is 49.5 Å². The van der Waals surface area contributed by atoms with Crippen LogP contribution in [0.3, 0.4) is 0 Å². The van der Waals surface area contributed by atoms with Gasteiger partial charge in [0.25, 0.3) is 0 Å². The second kappa shape index (κ2) is 46.6. The fourth-order valence-corrected chi connectivity index (χ4v) is 7.63. The first-order valence-electron chi connectivity index (χ1n) is 26.6. The maximum Gasteiger partial charge on any atom is 0.220 e. The number of ether oxygens (including phenoxy) is 2. The third-order valence-corrected chi connectivity index (χ3v) is 11.8. The zero-order valence-corrected chi connectivity index (χ0v) is 42.1. The minimum Gasteiger partial charge on any atom is -0.394 e. The number of hydrogen-bond acceptors (Lipinski definition) is 8. The summed E-state index contributed by atoms with van der Waals surface area (Å²) in [6, 6.07) is -0.824. The molecule has 0 aromatic carbocycles. The van der Waals surface area contributed by atoms with Crippen molar-refractivity contribution < 1.29 is 39.8 Å². The number of amides is 1. The third kappa shape index (κ3) is 36.5. The molecule has 0 saturated carbocycles. The van der Waals surface area contributed by atoms with E-state index in [1.165, 1.54) is 83.5 Å². The van der Waals surface area contributed by atoms with Crippen molar-refractivity contribution in [2.24, 2.45) is 0 Å². The lowest BCUT2D eigenvalue weighted by Crippen LogP contribution is -2.60. The number of allylic oxidation sites excluding steroid dienone is 17. The smallest absolute Gasteiger partial charge is 0.220 e. The molecular weight excluding hydrogens is 839 g/mol. The molecule has 1 aliphatic heterocycles. The summed E-state index contributed by atoms with van der Waals surface area (Å²) in [7, 11) is 0. The molecule has 1 fully saturated rings. The van der Waals surface area contributed by atoms with Crippen LogP contribution in [0, 0.1) is 0 Å². The Bertz CT molecular complexity index is 1410. The first-order chi connectivity index (χ1) is 32.8. The number of aliphatic hydroxyl groups is 5. The number of nitrogens with one attached hydrogen (secondary N) is 1. The molecule has 7 atom stereocenters. The molecule has 382 valence electrons. The van der Waals surface area contributed by atoms with Crippen molar-refractivity contribution in [2.75, 3.05) is 13.2 Å². The maximum absolute atomic E-state index is 12.9. The van der Waals surface area contributed by atoms with E-state index >= 15 is 0 Å². The Hall–Kier alpha value is -3.15. The number of hydrogen-bond donors (Lipinski definition) is 6. The molecule has 1 amide bonds. The topological polar surface area (TPSA) is 149 Å². The van der Waals surface area contributed by atoms with Crippen LogP contribution in [0.5, 0.6) is 0 Å². The summed E-state index contributed by atoms with van der Waals surface area (Å²) in [4.78, 5) is 12.9. The molecule has 7 unspecified atom stereocenters. The largest absolute Gasteiger partial charge is 0.394 e. The monoisotopic (exact) mass is 936 g/mol. The Kier molecular flexibility index (Phi) is 43.0. The van der Waals surface area contributed by atoms with Crippen LogP contribution >= 0.6 is 0 Å². The zero-order valence-electron chi connectivity index (χ0n) is 42.1. The van der Waals surface area contributed by atoms with Crippen molar-refractivity contribution in [1.29, 1.82) is 0 Å². The van der Waals surface area contributed by atoms with Gasteiger partial charge in [-0.05, 0) is 83.5 Å². The molecule has 67 heavy (non-hydrogen) atoms.